The molecule has 2 aromatic rings. The van der Waals surface area contributed by atoms with E-state index in [0.717, 1.165) is 36.3 Å². The summed E-state index contributed by atoms with van der Waals surface area (Å²) in [6.07, 6.45) is 2.91. The Morgan fingerprint density at radius 2 is 1.83 bits per heavy atom. The number of carbonyl (C=O) groups is 1. The molecule has 3 N–H and O–H groups in total. The monoisotopic (exact) mass is 395 g/mol. The van der Waals surface area contributed by atoms with Gasteiger partial charge in [0.05, 0.1) is 6.61 Å². The molecule has 2 atom stereocenters. The molecule has 0 saturated carbocycles. The number of benzene rings is 2. The topological polar surface area (TPSA) is 62.4 Å². The molecule has 1 heterocycles. The van der Waals surface area contributed by atoms with E-state index in [2.05, 4.69) is 73.3 Å². The van der Waals surface area contributed by atoms with Gasteiger partial charge in [0.25, 0.3) is 0 Å². The Balaban J connectivity index is 1.46. The lowest BCUT2D eigenvalue weighted by molar-refractivity contribution is -0.123. The summed E-state index contributed by atoms with van der Waals surface area (Å²) in [4.78, 5) is 12.5. The Bertz CT molecular complexity index is 772. The quantitative estimate of drug-likeness (QED) is 0.557. The van der Waals surface area contributed by atoms with Gasteiger partial charge in [-0.3, -0.25) is 4.79 Å². The highest BCUT2D eigenvalue weighted by molar-refractivity contribution is 5.82. The average Bonchev–Trinajstić information content (AvgIpc) is 3.23. The van der Waals surface area contributed by atoms with Gasteiger partial charge in [-0.1, -0.05) is 63.6 Å². The van der Waals surface area contributed by atoms with E-state index in [9.17, 15) is 4.79 Å². The van der Waals surface area contributed by atoms with Crippen molar-refractivity contribution < 1.29 is 9.53 Å². The molecular formula is C24H33N3O2. The first-order valence-electron chi connectivity index (χ1n) is 10.7. The van der Waals surface area contributed by atoms with Crippen LogP contribution in [0.2, 0.25) is 0 Å². The van der Waals surface area contributed by atoms with E-state index in [4.69, 9.17) is 4.74 Å². The molecule has 5 heteroatoms. The van der Waals surface area contributed by atoms with E-state index in [1.54, 1.807) is 0 Å². The number of carbonyl (C=O) groups excluding carboxylic acids is 1. The zero-order chi connectivity index (χ0) is 20.6. The van der Waals surface area contributed by atoms with Gasteiger partial charge in [-0.05, 0) is 47.6 Å². The summed E-state index contributed by atoms with van der Waals surface area (Å²) in [5, 5.41) is 3.04. The molecule has 1 aliphatic rings. The van der Waals surface area contributed by atoms with Gasteiger partial charge in [0.15, 0.2) is 0 Å². The van der Waals surface area contributed by atoms with Gasteiger partial charge in [0.2, 0.25) is 5.91 Å². The van der Waals surface area contributed by atoms with E-state index in [0.29, 0.717) is 18.9 Å². The first-order chi connectivity index (χ1) is 14.1. The van der Waals surface area contributed by atoms with Crippen molar-refractivity contribution in [2.45, 2.75) is 64.6 Å². The molecule has 1 fully saturated rings. The van der Waals surface area contributed by atoms with Crippen LogP contribution in [-0.2, 0) is 11.3 Å². The van der Waals surface area contributed by atoms with Crippen LogP contribution < -0.4 is 20.9 Å². The number of hydrogen-bond acceptors (Lipinski definition) is 4. The van der Waals surface area contributed by atoms with Crippen LogP contribution in [0, 0.1) is 0 Å². The summed E-state index contributed by atoms with van der Waals surface area (Å²) < 4.78 is 5.72. The molecule has 2 aromatic carbocycles. The standard InChI is InChI=1S/C24H33N3O2/c1-4-5-14-29-21-12-10-20(11-13-21)22-15-23(27-26-22)24(28)25-16-18-6-8-19(9-7-18)17(2)3/h6-13,17,22-23,26-27H,4-5,14-16H2,1-3H3,(H,25,28). The number of unbranched alkanes of at least 4 members (excludes halogenated alkanes) is 1. The van der Waals surface area contributed by atoms with Crippen LogP contribution in [-0.4, -0.2) is 18.6 Å². The lowest BCUT2D eigenvalue weighted by Gasteiger charge is -2.12. The molecule has 5 nitrogen and oxygen atoms in total. The first-order valence-corrected chi connectivity index (χ1v) is 10.7. The van der Waals surface area contributed by atoms with Crippen molar-refractivity contribution >= 4 is 5.91 Å². The predicted octanol–water partition coefficient (Wildman–Crippen LogP) is 4.21. The van der Waals surface area contributed by atoms with Gasteiger partial charge in [0, 0.05) is 12.6 Å². The maximum atomic E-state index is 12.5. The van der Waals surface area contributed by atoms with E-state index in [-0.39, 0.29) is 18.0 Å². The van der Waals surface area contributed by atoms with Crippen molar-refractivity contribution in [1.29, 1.82) is 0 Å². The minimum atomic E-state index is -0.240. The SMILES string of the molecule is CCCCOc1ccc(C2CC(C(=O)NCc3ccc(C(C)C)cc3)NN2)cc1. The summed E-state index contributed by atoms with van der Waals surface area (Å²) in [6.45, 7) is 7.81. The number of nitrogens with one attached hydrogen (secondary N) is 3. The highest BCUT2D eigenvalue weighted by Gasteiger charge is 2.29. The molecule has 0 spiro atoms. The third kappa shape index (κ3) is 6.05. The molecule has 2 unspecified atom stereocenters. The molecule has 29 heavy (non-hydrogen) atoms. The van der Waals surface area contributed by atoms with E-state index in [1.165, 1.54) is 5.56 Å². The number of hydrazine groups is 1. The minimum Gasteiger partial charge on any atom is -0.494 e. The summed E-state index contributed by atoms with van der Waals surface area (Å²) in [5.41, 5.74) is 9.95. The summed E-state index contributed by atoms with van der Waals surface area (Å²) in [7, 11) is 0. The number of rotatable bonds is 9. The molecule has 1 amide bonds. The fourth-order valence-electron chi connectivity index (χ4n) is 3.41. The Hall–Kier alpha value is -2.37. The van der Waals surface area contributed by atoms with Crippen molar-refractivity contribution in [2.24, 2.45) is 0 Å². The van der Waals surface area contributed by atoms with Crippen LogP contribution in [0.25, 0.3) is 0 Å². The second-order valence-corrected chi connectivity index (χ2v) is 8.01. The highest BCUT2D eigenvalue weighted by Crippen LogP contribution is 2.24. The average molecular weight is 396 g/mol. The largest absolute Gasteiger partial charge is 0.494 e. The molecule has 3 rings (SSSR count). The lowest BCUT2D eigenvalue weighted by Crippen LogP contribution is -2.42. The first kappa shape index (κ1) is 21.3. The third-order valence-electron chi connectivity index (χ3n) is 5.38. The van der Waals surface area contributed by atoms with Crippen LogP contribution in [0.4, 0.5) is 0 Å². The second kappa shape index (κ2) is 10.4. The van der Waals surface area contributed by atoms with Crippen molar-refractivity contribution in [1.82, 2.24) is 16.2 Å². The third-order valence-corrected chi connectivity index (χ3v) is 5.38. The summed E-state index contributed by atoms with van der Waals surface area (Å²) >= 11 is 0. The van der Waals surface area contributed by atoms with Crippen molar-refractivity contribution in [3.8, 4) is 5.75 Å². The van der Waals surface area contributed by atoms with Gasteiger partial charge in [0.1, 0.15) is 11.8 Å². The van der Waals surface area contributed by atoms with Crippen molar-refractivity contribution in [2.75, 3.05) is 6.61 Å². The normalized spacial score (nSPS) is 18.8. The zero-order valence-electron chi connectivity index (χ0n) is 17.7. The summed E-state index contributed by atoms with van der Waals surface area (Å²) in [5.74, 6) is 1.43. The van der Waals surface area contributed by atoms with Crippen LogP contribution in [0.15, 0.2) is 48.5 Å². The summed E-state index contributed by atoms with van der Waals surface area (Å²) in [6, 6.07) is 16.4. The molecule has 0 aromatic heterocycles. The Morgan fingerprint density at radius 1 is 1.10 bits per heavy atom. The van der Waals surface area contributed by atoms with E-state index < -0.39 is 0 Å². The van der Waals surface area contributed by atoms with Gasteiger partial charge >= 0.3 is 0 Å². The highest BCUT2D eigenvalue weighted by atomic mass is 16.5. The van der Waals surface area contributed by atoms with E-state index in [1.807, 2.05) is 12.1 Å². The molecular weight excluding hydrogens is 362 g/mol. The maximum Gasteiger partial charge on any atom is 0.238 e. The fraction of sp³-hybridized carbons (Fsp3) is 0.458. The van der Waals surface area contributed by atoms with E-state index >= 15 is 0 Å². The minimum absolute atomic E-state index is 0.0208. The van der Waals surface area contributed by atoms with Gasteiger partial charge in [-0.15, -0.1) is 0 Å². The van der Waals surface area contributed by atoms with Crippen LogP contribution in [0.5, 0.6) is 5.75 Å². The Morgan fingerprint density at radius 3 is 2.48 bits per heavy atom. The molecule has 1 aliphatic heterocycles. The number of ether oxygens (including phenoxy) is 1. The van der Waals surface area contributed by atoms with Crippen molar-refractivity contribution in [3.05, 3.63) is 65.2 Å². The van der Waals surface area contributed by atoms with Crippen LogP contribution in [0.3, 0.4) is 0 Å². The number of hydrogen-bond donors (Lipinski definition) is 3. The molecule has 1 saturated heterocycles. The van der Waals surface area contributed by atoms with Gasteiger partial charge in [-0.2, -0.15) is 0 Å². The fourth-order valence-corrected chi connectivity index (χ4v) is 3.41. The van der Waals surface area contributed by atoms with Gasteiger partial charge < -0.3 is 10.1 Å². The Kier molecular flexibility index (Phi) is 7.67. The molecule has 156 valence electrons. The molecule has 0 bridgehead atoms. The second-order valence-electron chi connectivity index (χ2n) is 8.01. The lowest BCUT2D eigenvalue weighted by atomic mass is 10.0. The molecule has 0 aliphatic carbocycles. The molecule has 0 radical (unpaired) electrons. The zero-order valence-corrected chi connectivity index (χ0v) is 17.7. The van der Waals surface area contributed by atoms with Crippen LogP contribution in [0.1, 0.15) is 68.7 Å². The predicted molar refractivity (Wildman–Crippen MR) is 117 cm³/mol. The van der Waals surface area contributed by atoms with Crippen LogP contribution >= 0.6 is 0 Å². The smallest absolute Gasteiger partial charge is 0.238 e. The maximum absolute atomic E-state index is 12.5. The van der Waals surface area contributed by atoms with Gasteiger partial charge in [-0.25, -0.2) is 10.9 Å². The Labute approximate surface area is 174 Å². The number of amides is 1. The van der Waals surface area contributed by atoms with Crippen molar-refractivity contribution in [3.63, 3.8) is 0 Å².